The highest BCUT2D eigenvalue weighted by molar-refractivity contribution is 14.0. The maximum atomic E-state index is 11.6. The molecule has 2 rings (SSSR count). The number of piperidine rings is 1. The summed E-state index contributed by atoms with van der Waals surface area (Å²) in [6, 6.07) is 5.21. The predicted octanol–water partition coefficient (Wildman–Crippen LogP) is 1.71. The molecule has 146 valence electrons. The minimum Gasteiger partial charge on any atom is -0.469 e. The molecule has 0 atom stereocenters. The Hall–Kier alpha value is -1.58. The van der Waals surface area contributed by atoms with Gasteiger partial charge in [0.05, 0.1) is 13.0 Å². The Kier molecular flexibility index (Phi) is 10.3. The Morgan fingerprint density at radius 3 is 2.65 bits per heavy atom. The van der Waals surface area contributed by atoms with E-state index in [1.54, 1.807) is 23.7 Å². The summed E-state index contributed by atoms with van der Waals surface area (Å²) >= 11 is 0. The van der Waals surface area contributed by atoms with Gasteiger partial charge in [-0.3, -0.25) is 14.6 Å². The van der Waals surface area contributed by atoms with Crippen LogP contribution in [0.2, 0.25) is 0 Å². The summed E-state index contributed by atoms with van der Waals surface area (Å²) in [4.78, 5) is 29.7. The Bertz CT molecular complexity index is 639. The standard InChI is InChI=1S/C18H28N4O3.HI/c1-19-18(22-13-8-15(9-14-22)17(24)25-2)20-10-4-6-12-21-11-5-3-7-16(21)23;/h3,5,7,11,15H,4,6,8-10,12-14H2,1-2H3,(H,19,20);1H. The zero-order valence-electron chi connectivity index (χ0n) is 15.5. The van der Waals surface area contributed by atoms with E-state index >= 15 is 0 Å². The van der Waals surface area contributed by atoms with Gasteiger partial charge in [0.2, 0.25) is 5.56 Å². The summed E-state index contributed by atoms with van der Waals surface area (Å²) in [5.74, 6) is 0.766. The van der Waals surface area contributed by atoms with E-state index in [1.807, 2.05) is 12.3 Å². The molecule has 2 heterocycles. The summed E-state index contributed by atoms with van der Waals surface area (Å²) in [6.07, 6.45) is 5.30. The van der Waals surface area contributed by atoms with Crippen molar-refractivity contribution in [2.24, 2.45) is 10.9 Å². The quantitative estimate of drug-likeness (QED) is 0.223. The van der Waals surface area contributed by atoms with Crippen LogP contribution in [0.3, 0.4) is 0 Å². The normalized spacial score (nSPS) is 15.3. The fourth-order valence-electron chi connectivity index (χ4n) is 3.08. The average molecular weight is 476 g/mol. The molecular weight excluding hydrogens is 447 g/mol. The first-order valence-corrected chi connectivity index (χ1v) is 8.84. The molecule has 1 N–H and O–H groups in total. The molecule has 0 unspecified atom stereocenters. The van der Waals surface area contributed by atoms with Crippen LogP contribution < -0.4 is 10.9 Å². The molecule has 0 radical (unpaired) electrons. The average Bonchev–Trinajstić information content (AvgIpc) is 2.65. The second-order valence-electron chi connectivity index (χ2n) is 6.20. The number of nitrogens with zero attached hydrogens (tertiary/aromatic N) is 3. The van der Waals surface area contributed by atoms with E-state index in [9.17, 15) is 9.59 Å². The third-order valence-electron chi connectivity index (χ3n) is 4.55. The molecule has 0 spiro atoms. The number of carbonyl (C=O) groups is 1. The molecule has 0 amide bonds. The number of unbranched alkanes of at least 4 members (excludes halogenated alkanes) is 1. The molecule has 1 aromatic rings. The van der Waals surface area contributed by atoms with E-state index in [2.05, 4.69) is 15.2 Å². The van der Waals surface area contributed by atoms with Crippen LogP contribution in [0.1, 0.15) is 25.7 Å². The van der Waals surface area contributed by atoms with Crippen molar-refractivity contribution in [2.75, 3.05) is 33.8 Å². The SMILES string of the molecule is CN=C(NCCCCn1ccccc1=O)N1CCC(C(=O)OC)CC1.I. The van der Waals surface area contributed by atoms with Gasteiger partial charge in [-0.25, -0.2) is 0 Å². The highest BCUT2D eigenvalue weighted by Crippen LogP contribution is 2.18. The first-order valence-electron chi connectivity index (χ1n) is 8.84. The van der Waals surface area contributed by atoms with Gasteiger partial charge in [0, 0.05) is 45.5 Å². The number of aliphatic imine (C=N–C) groups is 1. The van der Waals surface area contributed by atoms with E-state index in [-0.39, 0.29) is 41.4 Å². The van der Waals surface area contributed by atoms with Crippen molar-refractivity contribution in [3.63, 3.8) is 0 Å². The number of nitrogens with one attached hydrogen (secondary N) is 1. The molecule has 1 aromatic heterocycles. The molecule has 0 aliphatic carbocycles. The fraction of sp³-hybridized carbons (Fsp3) is 0.611. The lowest BCUT2D eigenvalue weighted by molar-refractivity contribution is -0.146. The van der Waals surface area contributed by atoms with Crippen molar-refractivity contribution in [1.29, 1.82) is 0 Å². The molecule has 26 heavy (non-hydrogen) atoms. The summed E-state index contributed by atoms with van der Waals surface area (Å²) < 4.78 is 6.55. The molecule has 1 saturated heterocycles. The van der Waals surface area contributed by atoms with Gasteiger partial charge >= 0.3 is 5.97 Å². The predicted molar refractivity (Wildman–Crippen MR) is 113 cm³/mol. The van der Waals surface area contributed by atoms with Crippen LogP contribution in [0.15, 0.2) is 34.2 Å². The number of methoxy groups -OCH3 is 1. The fourth-order valence-corrected chi connectivity index (χ4v) is 3.08. The van der Waals surface area contributed by atoms with Gasteiger partial charge in [0.1, 0.15) is 0 Å². The lowest BCUT2D eigenvalue weighted by atomic mass is 9.97. The number of hydrogen-bond acceptors (Lipinski definition) is 4. The van der Waals surface area contributed by atoms with Crippen molar-refractivity contribution in [1.82, 2.24) is 14.8 Å². The van der Waals surface area contributed by atoms with E-state index in [1.165, 1.54) is 7.11 Å². The third-order valence-corrected chi connectivity index (χ3v) is 4.55. The first kappa shape index (κ1) is 22.5. The molecule has 7 nitrogen and oxygen atoms in total. The number of ether oxygens (including phenoxy) is 1. The third kappa shape index (κ3) is 6.62. The Labute approximate surface area is 171 Å². The number of carbonyl (C=O) groups excluding carboxylic acids is 1. The summed E-state index contributed by atoms with van der Waals surface area (Å²) in [5, 5.41) is 3.37. The van der Waals surface area contributed by atoms with Crippen molar-refractivity contribution in [3.8, 4) is 0 Å². The molecular formula is C18H29IN4O3. The van der Waals surface area contributed by atoms with Gasteiger partial charge in [0.15, 0.2) is 5.96 Å². The van der Waals surface area contributed by atoms with Crippen molar-refractivity contribution < 1.29 is 9.53 Å². The maximum absolute atomic E-state index is 11.6. The van der Waals surface area contributed by atoms with Crippen LogP contribution in [0.4, 0.5) is 0 Å². The van der Waals surface area contributed by atoms with E-state index < -0.39 is 0 Å². The number of aromatic nitrogens is 1. The van der Waals surface area contributed by atoms with Crippen LogP contribution in [0.25, 0.3) is 0 Å². The summed E-state index contributed by atoms with van der Waals surface area (Å²) in [7, 11) is 3.22. The van der Waals surface area contributed by atoms with Crippen LogP contribution >= 0.6 is 24.0 Å². The number of rotatable bonds is 6. The van der Waals surface area contributed by atoms with E-state index in [4.69, 9.17) is 4.74 Å². The maximum Gasteiger partial charge on any atom is 0.308 e. The number of hydrogen-bond donors (Lipinski definition) is 1. The van der Waals surface area contributed by atoms with Crippen molar-refractivity contribution in [2.45, 2.75) is 32.2 Å². The molecule has 0 saturated carbocycles. The van der Waals surface area contributed by atoms with Gasteiger partial charge in [-0.2, -0.15) is 0 Å². The number of guanidine groups is 1. The van der Waals surface area contributed by atoms with Crippen LogP contribution in [0, 0.1) is 5.92 Å². The second kappa shape index (κ2) is 11.9. The second-order valence-corrected chi connectivity index (χ2v) is 6.20. The minimum absolute atomic E-state index is 0. The highest BCUT2D eigenvalue weighted by atomic mass is 127. The first-order chi connectivity index (χ1) is 12.2. The Balaban J connectivity index is 0.00000338. The van der Waals surface area contributed by atoms with Crippen LogP contribution in [-0.4, -0.2) is 55.2 Å². The number of pyridine rings is 1. The zero-order valence-corrected chi connectivity index (χ0v) is 17.8. The lowest BCUT2D eigenvalue weighted by Gasteiger charge is -2.33. The highest BCUT2D eigenvalue weighted by Gasteiger charge is 2.26. The molecule has 0 aromatic carbocycles. The van der Waals surface area contributed by atoms with Crippen molar-refractivity contribution in [3.05, 3.63) is 34.7 Å². The molecule has 1 fully saturated rings. The number of aryl methyl sites for hydroxylation is 1. The van der Waals surface area contributed by atoms with Gasteiger partial charge in [-0.1, -0.05) is 6.07 Å². The molecule has 1 aliphatic rings. The Morgan fingerprint density at radius 1 is 1.31 bits per heavy atom. The molecule has 0 bridgehead atoms. The summed E-state index contributed by atoms with van der Waals surface area (Å²) in [5.41, 5.74) is 0.0414. The van der Waals surface area contributed by atoms with Crippen LogP contribution in [0.5, 0.6) is 0 Å². The Morgan fingerprint density at radius 2 is 2.04 bits per heavy atom. The summed E-state index contributed by atoms with van der Waals surface area (Å²) in [6.45, 7) is 3.15. The van der Waals surface area contributed by atoms with Crippen LogP contribution in [-0.2, 0) is 16.1 Å². The van der Waals surface area contributed by atoms with Gasteiger partial charge < -0.3 is 19.5 Å². The molecule has 8 heteroatoms. The smallest absolute Gasteiger partial charge is 0.308 e. The van der Waals surface area contributed by atoms with E-state index in [0.29, 0.717) is 0 Å². The van der Waals surface area contributed by atoms with Gasteiger partial charge in [0.25, 0.3) is 0 Å². The number of likely N-dealkylation sites (tertiary alicyclic amines) is 1. The zero-order chi connectivity index (χ0) is 18.1. The lowest BCUT2D eigenvalue weighted by Crippen LogP contribution is -2.46. The van der Waals surface area contributed by atoms with E-state index in [0.717, 1.165) is 57.8 Å². The van der Waals surface area contributed by atoms with Gasteiger partial charge in [-0.15, -0.1) is 24.0 Å². The largest absolute Gasteiger partial charge is 0.469 e. The molecule has 1 aliphatic heterocycles. The topological polar surface area (TPSA) is 75.9 Å². The number of halogens is 1. The minimum atomic E-state index is -0.112. The van der Waals surface area contributed by atoms with Gasteiger partial charge in [-0.05, 0) is 31.7 Å². The monoisotopic (exact) mass is 476 g/mol. The van der Waals surface area contributed by atoms with Crippen molar-refractivity contribution >= 4 is 35.9 Å². The number of esters is 1.